The second-order valence-electron chi connectivity index (χ2n) is 6.18. The van der Waals surface area contributed by atoms with Gasteiger partial charge in [-0.2, -0.15) is 0 Å². The maximum atomic E-state index is 6.21. The van der Waals surface area contributed by atoms with Gasteiger partial charge in [-0.15, -0.1) is 0 Å². The summed E-state index contributed by atoms with van der Waals surface area (Å²) in [6.07, 6.45) is 7.69. The topological polar surface area (TPSA) is 26.0 Å². The summed E-state index contributed by atoms with van der Waals surface area (Å²) in [6.45, 7) is 11.4. The molecule has 0 aliphatic carbocycles. The summed E-state index contributed by atoms with van der Waals surface area (Å²) in [5.41, 5.74) is 6.59. The fraction of sp³-hybridized carbons (Fsp3) is 1.00. The molecule has 0 bridgehead atoms. The average Bonchev–Trinajstić information content (AvgIpc) is 2.09. The molecular formula is C14H31N. The Kier molecular flexibility index (Phi) is 7.25. The molecule has 0 saturated heterocycles. The first-order valence-corrected chi connectivity index (χ1v) is 6.64. The Labute approximate surface area is 96.8 Å². The molecule has 0 aliphatic rings. The van der Waals surface area contributed by atoms with Crippen LogP contribution in [-0.2, 0) is 0 Å². The zero-order chi connectivity index (χ0) is 11.9. The first-order chi connectivity index (χ1) is 6.89. The molecule has 15 heavy (non-hydrogen) atoms. The Morgan fingerprint density at radius 3 is 2.13 bits per heavy atom. The minimum absolute atomic E-state index is 0.377. The summed E-state index contributed by atoms with van der Waals surface area (Å²) in [5, 5.41) is 0. The van der Waals surface area contributed by atoms with Crippen LogP contribution >= 0.6 is 0 Å². The van der Waals surface area contributed by atoms with Crippen molar-refractivity contribution in [3.8, 4) is 0 Å². The first-order valence-electron chi connectivity index (χ1n) is 6.64. The van der Waals surface area contributed by atoms with Crippen LogP contribution in [0.25, 0.3) is 0 Å². The maximum absolute atomic E-state index is 6.21. The van der Waals surface area contributed by atoms with Crippen molar-refractivity contribution in [3.63, 3.8) is 0 Å². The zero-order valence-corrected chi connectivity index (χ0v) is 11.5. The van der Waals surface area contributed by atoms with E-state index in [1.807, 2.05) is 0 Å². The van der Waals surface area contributed by atoms with Gasteiger partial charge in [0.15, 0.2) is 0 Å². The van der Waals surface area contributed by atoms with Gasteiger partial charge in [-0.25, -0.2) is 0 Å². The predicted octanol–water partition coefficient (Wildman–Crippen LogP) is 4.36. The summed E-state index contributed by atoms with van der Waals surface area (Å²) >= 11 is 0. The quantitative estimate of drug-likeness (QED) is 0.668. The zero-order valence-electron chi connectivity index (χ0n) is 11.5. The van der Waals surface area contributed by atoms with Crippen molar-refractivity contribution < 1.29 is 0 Å². The molecule has 0 fully saturated rings. The molecule has 0 aromatic rings. The smallest absolute Gasteiger partial charge is 0.00464 e. The van der Waals surface area contributed by atoms with E-state index in [2.05, 4.69) is 34.6 Å². The monoisotopic (exact) mass is 213 g/mol. The number of rotatable bonds is 7. The predicted molar refractivity (Wildman–Crippen MR) is 70.0 cm³/mol. The number of hydrogen-bond acceptors (Lipinski definition) is 1. The SMILES string of the molecule is CCCCC(CC)CC(N)CC(C)(C)C. The third kappa shape index (κ3) is 8.92. The second kappa shape index (κ2) is 7.27. The standard InChI is InChI=1S/C14H31N/c1-6-8-9-12(7-2)10-13(15)11-14(3,4)5/h12-13H,6-11,15H2,1-5H3. The molecule has 92 valence electrons. The Morgan fingerprint density at radius 2 is 1.73 bits per heavy atom. The van der Waals surface area contributed by atoms with Gasteiger partial charge < -0.3 is 5.73 Å². The minimum atomic E-state index is 0.377. The van der Waals surface area contributed by atoms with Gasteiger partial charge >= 0.3 is 0 Å². The van der Waals surface area contributed by atoms with E-state index in [-0.39, 0.29) is 0 Å². The summed E-state index contributed by atoms with van der Waals surface area (Å²) in [6, 6.07) is 0.395. The van der Waals surface area contributed by atoms with Crippen LogP contribution in [-0.4, -0.2) is 6.04 Å². The molecule has 0 aliphatic heterocycles. The van der Waals surface area contributed by atoms with Crippen LogP contribution in [0.3, 0.4) is 0 Å². The van der Waals surface area contributed by atoms with Crippen LogP contribution in [0.1, 0.15) is 73.1 Å². The van der Waals surface area contributed by atoms with Crippen LogP contribution in [0, 0.1) is 11.3 Å². The largest absolute Gasteiger partial charge is 0.328 e. The van der Waals surface area contributed by atoms with Crippen molar-refractivity contribution in [2.24, 2.45) is 17.1 Å². The van der Waals surface area contributed by atoms with E-state index < -0.39 is 0 Å². The molecule has 2 N–H and O–H groups in total. The maximum Gasteiger partial charge on any atom is 0.00464 e. The second-order valence-corrected chi connectivity index (χ2v) is 6.18. The van der Waals surface area contributed by atoms with Crippen LogP contribution in [0.4, 0.5) is 0 Å². The normalized spacial score (nSPS) is 16.4. The van der Waals surface area contributed by atoms with Crippen molar-refractivity contribution in [2.45, 2.75) is 79.2 Å². The van der Waals surface area contributed by atoms with Gasteiger partial charge in [0.25, 0.3) is 0 Å². The molecule has 0 aromatic heterocycles. The van der Waals surface area contributed by atoms with Gasteiger partial charge in [0.05, 0.1) is 0 Å². The molecular weight excluding hydrogens is 182 g/mol. The molecule has 0 rings (SSSR count). The van der Waals surface area contributed by atoms with Crippen molar-refractivity contribution >= 4 is 0 Å². The highest BCUT2D eigenvalue weighted by molar-refractivity contribution is 4.74. The van der Waals surface area contributed by atoms with Gasteiger partial charge in [-0.05, 0) is 24.2 Å². The summed E-state index contributed by atoms with van der Waals surface area (Å²) in [5.74, 6) is 0.849. The van der Waals surface area contributed by atoms with E-state index in [0.717, 1.165) is 12.3 Å². The third-order valence-corrected chi connectivity index (χ3v) is 3.05. The van der Waals surface area contributed by atoms with Gasteiger partial charge in [-0.3, -0.25) is 0 Å². The van der Waals surface area contributed by atoms with Crippen LogP contribution in [0.2, 0.25) is 0 Å². The Balaban J connectivity index is 3.85. The number of nitrogens with two attached hydrogens (primary N) is 1. The van der Waals surface area contributed by atoms with E-state index in [4.69, 9.17) is 5.73 Å². The van der Waals surface area contributed by atoms with Crippen LogP contribution in [0.15, 0.2) is 0 Å². The van der Waals surface area contributed by atoms with Crippen LogP contribution in [0.5, 0.6) is 0 Å². The fourth-order valence-electron chi connectivity index (χ4n) is 2.28. The molecule has 0 amide bonds. The molecule has 1 nitrogen and oxygen atoms in total. The van der Waals surface area contributed by atoms with Gasteiger partial charge in [0.2, 0.25) is 0 Å². The van der Waals surface area contributed by atoms with Gasteiger partial charge in [0, 0.05) is 6.04 Å². The Bertz CT molecular complexity index is 146. The van der Waals surface area contributed by atoms with Crippen molar-refractivity contribution in [1.29, 1.82) is 0 Å². The van der Waals surface area contributed by atoms with E-state index in [9.17, 15) is 0 Å². The van der Waals surface area contributed by atoms with E-state index in [1.54, 1.807) is 0 Å². The minimum Gasteiger partial charge on any atom is -0.328 e. The van der Waals surface area contributed by atoms with Crippen molar-refractivity contribution in [3.05, 3.63) is 0 Å². The average molecular weight is 213 g/mol. The van der Waals surface area contributed by atoms with E-state index in [1.165, 1.54) is 32.1 Å². The first kappa shape index (κ1) is 15.0. The molecule has 1 heteroatoms. The highest BCUT2D eigenvalue weighted by Crippen LogP contribution is 2.25. The lowest BCUT2D eigenvalue weighted by Crippen LogP contribution is -2.28. The Hall–Kier alpha value is -0.0400. The van der Waals surface area contributed by atoms with E-state index in [0.29, 0.717) is 11.5 Å². The van der Waals surface area contributed by atoms with Crippen molar-refractivity contribution in [1.82, 2.24) is 0 Å². The highest BCUT2D eigenvalue weighted by atomic mass is 14.6. The summed E-state index contributed by atoms with van der Waals surface area (Å²) < 4.78 is 0. The number of hydrogen-bond donors (Lipinski definition) is 1. The molecule has 0 spiro atoms. The Morgan fingerprint density at radius 1 is 1.13 bits per heavy atom. The summed E-state index contributed by atoms with van der Waals surface area (Å²) in [4.78, 5) is 0. The lowest BCUT2D eigenvalue weighted by atomic mass is 9.83. The molecule has 0 aromatic carbocycles. The molecule has 2 unspecified atom stereocenters. The lowest BCUT2D eigenvalue weighted by Gasteiger charge is -2.26. The van der Waals surface area contributed by atoms with Crippen molar-refractivity contribution in [2.75, 3.05) is 0 Å². The molecule has 0 heterocycles. The van der Waals surface area contributed by atoms with Crippen LogP contribution < -0.4 is 5.73 Å². The van der Waals surface area contributed by atoms with E-state index >= 15 is 0 Å². The highest BCUT2D eigenvalue weighted by Gasteiger charge is 2.18. The third-order valence-electron chi connectivity index (χ3n) is 3.05. The number of unbranched alkanes of at least 4 members (excludes halogenated alkanes) is 1. The molecule has 0 radical (unpaired) electrons. The molecule has 2 atom stereocenters. The fourth-order valence-corrected chi connectivity index (χ4v) is 2.28. The van der Waals surface area contributed by atoms with Gasteiger partial charge in [-0.1, -0.05) is 60.3 Å². The van der Waals surface area contributed by atoms with Gasteiger partial charge in [0.1, 0.15) is 0 Å². The lowest BCUT2D eigenvalue weighted by molar-refractivity contribution is 0.293. The summed E-state index contributed by atoms with van der Waals surface area (Å²) in [7, 11) is 0. The molecule has 0 saturated carbocycles.